The lowest BCUT2D eigenvalue weighted by Crippen LogP contribution is -2.24. The maximum Gasteiger partial charge on any atom is 0.241 e. The van der Waals surface area contributed by atoms with Crippen LogP contribution in [0.3, 0.4) is 0 Å². The molecule has 5 nitrogen and oxygen atoms in total. The molecule has 0 fully saturated rings. The molecule has 0 aliphatic carbocycles. The number of para-hydroxylation sites is 1. The number of hydrogen-bond donors (Lipinski definition) is 2. The van der Waals surface area contributed by atoms with Gasteiger partial charge in [0.2, 0.25) is 10.0 Å². The van der Waals surface area contributed by atoms with Gasteiger partial charge in [-0.25, -0.2) is 13.1 Å². The van der Waals surface area contributed by atoms with Crippen LogP contribution < -0.4 is 15.2 Å². The minimum absolute atomic E-state index is 0.153. The summed E-state index contributed by atoms with van der Waals surface area (Å²) in [6, 6.07) is 12.1. The van der Waals surface area contributed by atoms with Gasteiger partial charge in [-0.05, 0) is 30.7 Å². The van der Waals surface area contributed by atoms with Crippen molar-refractivity contribution >= 4 is 15.7 Å². The van der Waals surface area contributed by atoms with Crippen LogP contribution >= 0.6 is 0 Å². The maximum atomic E-state index is 12.4. The number of benzene rings is 2. The number of anilines is 1. The molecule has 0 aliphatic rings. The fraction of sp³-hybridized carbons (Fsp3) is 0.200. The third-order valence-corrected chi connectivity index (χ3v) is 4.69. The lowest BCUT2D eigenvalue weighted by molar-refractivity contribution is 0.409. The molecule has 6 heteroatoms. The molecule has 0 spiro atoms. The Morgan fingerprint density at radius 2 is 1.90 bits per heavy atom. The summed E-state index contributed by atoms with van der Waals surface area (Å²) >= 11 is 0. The number of nitrogen functional groups attached to an aromatic ring is 1. The summed E-state index contributed by atoms with van der Waals surface area (Å²) in [4.78, 5) is 0.192. The van der Waals surface area contributed by atoms with Crippen molar-refractivity contribution in [2.45, 2.75) is 18.4 Å². The Hall–Kier alpha value is -2.05. The van der Waals surface area contributed by atoms with Gasteiger partial charge in [-0.2, -0.15) is 0 Å². The first-order valence-electron chi connectivity index (χ1n) is 6.42. The quantitative estimate of drug-likeness (QED) is 0.829. The predicted octanol–water partition coefficient (Wildman–Crippen LogP) is 2.06. The Morgan fingerprint density at radius 1 is 1.19 bits per heavy atom. The number of methoxy groups -OCH3 is 1. The molecule has 0 bridgehead atoms. The van der Waals surface area contributed by atoms with E-state index >= 15 is 0 Å². The van der Waals surface area contributed by atoms with Crippen LogP contribution in [0.25, 0.3) is 0 Å². The Kier molecular flexibility index (Phi) is 4.50. The van der Waals surface area contributed by atoms with Gasteiger partial charge in [-0.1, -0.05) is 24.3 Å². The number of rotatable bonds is 5. The second-order valence-corrected chi connectivity index (χ2v) is 6.40. The lowest BCUT2D eigenvalue weighted by Gasteiger charge is -2.12. The highest BCUT2D eigenvalue weighted by Crippen LogP contribution is 2.20. The molecule has 0 amide bonds. The third kappa shape index (κ3) is 3.53. The first-order valence-corrected chi connectivity index (χ1v) is 7.90. The van der Waals surface area contributed by atoms with Crippen molar-refractivity contribution in [3.05, 3.63) is 53.6 Å². The van der Waals surface area contributed by atoms with Gasteiger partial charge in [0.25, 0.3) is 0 Å². The fourth-order valence-electron chi connectivity index (χ4n) is 2.01. The Bertz CT molecular complexity index is 742. The van der Waals surface area contributed by atoms with E-state index in [0.29, 0.717) is 17.0 Å². The molecule has 2 rings (SSSR count). The smallest absolute Gasteiger partial charge is 0.241 e. The minimum atomic E-state index is -3.62. The number of sulfonamides is 1. The van der Waals surface area contributed by atoms with E-state index in [2.05, 4.69) is 4.72 Å². The van der Waals surface area contributed by atoms with Gasteiger partial charge in [-0.3, -0.25) is 0 Å². The topological polar surface area (TPSA) is 81.4 Å². The van der Waals surface area contributed by atoms with E-state index in [1.165, 1.54) is 6.07 Å². The summed E-state index contributed by atoms with van der Waals surface area (Å²) in [5.74, 6) is 0.643. The zero-order valence-corrected chi connectivity index (χ0v) is 12.8. The van der Waals surface area contributed by atoms with Gasteiger partial charge >= 0.3 is 0 Å². The van der Waals surface area contributed by atoms with Crippen molar-refractivity contribution < 1.29 is 13.2 Å². The molecule has 21 heavy (non-hydrogen) atoms. The van der Waals surface area contributed by atoms with E-state index in [4.69, 9.17) is 10.5 Å². The molecule has 0 unspecified atom stereocenters. The average Bonchev–Trinajstić information content (AvgIpc) is 2.48. The van der Waals surface area contributed by atoms with Gasteiger partial charge in [0.15, 0.2) is 0 Å². The van der Waals surface area contributed by atoms with Gasteiger partial charge in [0.1, 0.15) is 5.75 Å². The molecule has 0 atom stereocenters. The fourth-order valence-corrected chi connectivity index (χ4v) is 3.29. The SMILES string of the molecule is COc1ccccc1CNS(=O)(=O)c1cc(N)ccc1C. The molecule has 0 saturated heterocycles. The molecular formula is C15H18N2O3S. The molecule has 0 aliphatic heterocycles. The monoisotopic (exact) mass is 306 g/mol. The highest BCUT2D eigenvalue weighted by atomic mass is 32.2. The molecular weight excluding hydrogens is 288 g/mol. The Labute approximate surface area is 124 Å². The lowest BCUT2D eigenvalue weighted by atomic mass is 10.2. The van der Waals surface area contributed by atoms with E-state index in [0.717, 1.165) is 5.56 Å². The second kappa shape index (κ2) is 6.15. The first-order chi connectivity index (χ1) is 9.94. The van der Waals surface area contributed by atoms with Gasteiger partial charge in [0, 0.05) is 17.8 Å². The summed E-state index contributed by atoms with van der Waals surface area (Å²) in [5, 5.41) is 0. The second-order valence-electron chi connectivity index (χ2n) is 4.66. The van der Waals surface area contributed by atoms with Crippen molar-refractivity contribution in [2.75, 3.05) is 12.8 Å². The summed E-state index contributed by atoms with van der Waals surface area (Å²) in [5.41, 5.74) is 7.50. The largest absolute Gasteiger partial charge is 0.496 e. The van der Waals surface area contributed by atoms with Crippen LogP contribution in [0.4, 0.5) is 5.69 Å². The molecule has 3 N–H and O–H groups in total. The van der Waals surface area contributed by atoms with Crippen LogP contribution in [0, 0.1) is 6.92 Å². The molecule has 0 heterocycles. The zero-order chi connectivity index (χ0) is 15.5. The Balaban J connectivity index is 2.24. The van der Waals surface area contributed by atoms with Crippen LogP contribution in [-0.2, 0) is 16.6 Å². The molecule has 2 aromatic carbocycles. The van der Waals surface area contributed by atoms with Crippen molar-refractivity contribution in [1.82, 2.24) is 4.72 Å². The van der Waals surface area contributed by atoms with E-state index in [9.17, 15) is 8.42 Å². The van der Waals surface area contributed by atoms with Gasteiger partial charge in [-0.15, -0.1) is 0 Å². The van der Waals surface area contributed by atoms with Crippen molar-refractivity contribution in [2.24, 2.45) is 0 Å². The molecule has 0 saturated carbocycles. The number of hydrogen-bond acceptors (Lipinski definition) is 4. The summed E-state index contributed by atoms with van der Waals surface area (Å²) in [6.45, 7) is 1.89. The first kappa shape index (κ1) is 15.3. The Morgan fingerprint density at radius 3 is 2.62 bits per heavy atom. The van der Waals surface area contributed by atoms with Crippen LogP contribution in [-0.4, -0.2) is 15.5 Å². The van der Waals surface area contributed by atoms with Gasteiger partial charge < -0.3 is 10.5 Å². The van der Waals surface area contributed by atoms with E-state index in [1.54, 1.807) is 32.2 Å². The average molecular weight is 306 g/mol. The van der Waals surface area contributed by atoms with E-state index < -0.39 is 10.0 Å². The maximum absolute atomic E-state index is 12.4. The van der Waals surface area contributed by atoms with Gasteiger partial charge in [0.05, 0.1) is 12.0 Å². The van der Waals surface area contributed by atoms with E-state index in [-0.39, 0.29) is 11.4 Å². The van der Waals surface area contributed by atoms with E-state index in [1.807, 2.05) is 18.2 Å². The molecule has 2 aromatic rings. The number of nitrogens with one attached hydrogen (secondary N) is 1. The van der Waals surface area contributed by atoms with Crippen LogP contribution in [0.2, 0.25) is 0 Å². The van der Waals surface area contributed by atoms with Crippen molar-refractivity contribution in [1.29, 1.82) is 0 Å². The number of nitrogens with two attached hydrogens (primary N) is 1. The number of aryl methyl sites for hydroxylation is 1. The summed E-state index contributed by atoms with van der Waals surface area (Å²) in [7, 11) is -2.07. The predicted molar refractivity (Wildman–Crippen MR) is 82.6 cm³/mol. The molecule has 0 radical (unpaired) electrons. The minimum Gasteiger partial charge on any atom is -0.496 e. The molecule has 112 valence electrons. The molecule has 0 aromatic heterocycles. The zero-order valence-electron chi connectivity index (χ0n) is 12.0. The van der Waals surface area contributed by atoms with Crippen LogP contribution in [0.1, 0.15) is 11.1 Å². The number of ether oxygens (including phenoxy) is 1. The summed E-state index contributed by atoms with van der Waals surface area (Å²) < 4.78 is 32.5. The van der Waals surface area contributed by atoms with Crippen LogP contribution in [0.15, 0.2) is 47.4 Å². The normalized spacial score (nSPS) is 11.3. The third-order valence-electron chi connectivity index (χ3n) is 3.15. The highest BCUT2D eigenvalue weighted by molar-refractivity contribution is 7.89. The van der Waals surface area contributed by atoms with Crippen molar-refractivity contribution in [3.63, 3.8) is 0 Å². The summed E-state index contributed by atoms with van der Waals surface area (Å²) in [6.07, 6.45) is 0. The van der Waals surface area contributed by atoms with Crippen LogP contribution in [0.5, 0.6) is 5.75 Å². The highest BCUT2D eigenvalue weighted by Gasteiger charge is 2.17. The standard InChI is InChI=1S/C15H18N2O3S/c1-11-7-8-13(16)9-15(11)21(18,19)17-10-12-5-3-4-6-14(12)20-2/h3-9,17H,10,16H2,1-2H3. The van der Waals surface area contributed by atoms with Crippen molar-refractivity contribution in [3.8, 4) is 5.75 Å².